The Hall–Kier alpha value is -3.28. The molecule has 2 aromatic carbocycles. The van der Waals surface area contributed by atoms with Gasteiger partial charge in [0.05, 0.1) is 14.2 Å². The number of carbonyl (C=O) groups excluding carboxylic acids is 1. The molecule has 0 aromatic heterocycles. The molecule has 0 amide bonds. The topological polar surface area (TPSA) is 83.1 Å². The predicted octanol–water partition coefficient (Wildman–Crippen LogP) is 2.89. The molecule has 0 aliphatic carbocycles. The van der Waals surface area contributed by atoms with Gasteiger partial charge in [0.15, 0.2) is 17.3 Å². The Bertz CT molecular complexity index is 813. The maximum absolute atomic E-state index is 11.8. The lowest BCUT2D eigenvalue weighted by Gasteiger charge is -2.07. The van der Waals surface area contributed by atoms with Crippen molar-refractivity contribution < 1.29 is 19.1 Å². The first-order valence-electron chi connectivity index (χ1n) is 7.55. The van der Waals surface area contributed by atoms with E-state index in [4.69, 9.17) is 20.0 Å². The molecule has 0 fully saturated rings. The molecule has 2 N–H and O–H groups in total. The van der Waals surface area contributed by atoms with Gasteiger partial charge in [-0.1, -0.05) is 35.0 Å². The van der Waals surface area contributed by atoms with Crippen LogP contribution < -0.4 is 15.2 Å². The monoisotopic (exact) mass is 340 g/mol. The summed E-state index contributed by atoms with van der Waals surface area (Å²) in [6.45, 7) is 1.94. The van der Waals surface area contributed by atoms with Gasteiger partial charge in [0.25, 0.3) is 0 Å². The van der Waals surface area contributed by atoms with Crippen molar-refractivity contribution >= 4 is 17.9 Å². The van der Waals surface area contributed by atoms with Crippen LogP contribution in [-0.4, -0.2) is 26.0 Å². The number of ether oxygens (including phenoxy) is 2. The summed E-state index contributed by atoms with van der Waals surface area (Å²) in [6, 6.07) is 12.7. The van der Waals surface area contributed by atoms with Crippen LogP contribution in [0.4, 0.5) is 0 Å². The SMILES string of the molecule is COc1ccc(C=CC(=O)ON=C(N)c2cccc(C)c2)cc1OC. The number of oxime groups is 1. The molecule has 0 atom stereocenters. The third kappa shape index (κ3) is 5.10. The molecule has 25 heavy (non-hydrogen) atoms. The van der Waals surface area contributed by atoms with E-state index in [1.165, 1.54) is 6.08 Å². The van der Waals surface area contributed by atoms with Crippen LogP contribution >= 0.6 is 0 Å². The molecule has 0 heterocycles. The first kappa shape index (κ1) is 18.1. The van der Waals surface area contributed by atoms with Crippen LogP contribution in [0.3, 0.4) is 0 Å². The molecule has 0 unspecified atom stereocenters. The normalized spacial score (nSPS) is 11.4. The Morgan fingerprint density at radius 2 is 1.84 bits per heavy atom. The summed E-state index contributed by atoms with van der Waals surface area (Å²) in [7, 11) is 3.10. The quantitative estimate of drug-likeness (QED) is 0.287. The molecular formula is C19H20N2O4. The fourth-order valence-corrected chi connectivity index (χ4v) is 2.10. The van der Waals surface area contributed by atoms with E-state index >= 15 is 0 Å². The molecule has 0 aliphatic heterocycles. The Kier molecular flexibility index (Phi) is 6.17. The van der Waals surface area contributed by atoms with Crippen LogP contribution in [0.5, 0.6) is 11.5 Å². The Morgan fingerprint density at radius 1 is 1.08 bits per heavy atom. The van der Waals surface area contributed by atoms with Gasteiger partial charge in [-0.05, 0) is 36.8 Å². The molecule has 2 aromatic rings. The van der Waals surface area contributed by atoms with Crippen LogP contribution in [0.25, 0.3) is 6.08 Å². The first-order chi connectivity index (χ1) is 12.0. The lowest BCUT2D eigenvalue weighted by Crippen LogP contribution is -2.14. The van der Waals surface area contributed by atoms with E-state index in [0.29, 0.717) is 17.1 Å². The minimum absolute atomic E-state index is 0.136. The molecule has 0 bridgehead atoms. The van der Waals surface area contributed by atoms with Gasteiger partial charge < -0.3 is 20.0 Å². The number of benzene rings is 2. The highest BCUT2D eigenvalue weighted by atomic mass is 16.7. The second kappa shape index (κ2) is 8.54. The standard InChI is InChI=1S/C19H20N2O4/c1-13-5-4-6-15(11-13)19(20)21-25-18(22)10-8-14-7-9-16(23-2)17(12-14)24-3/h4-12H,1-3H3,(H2,20,21). The van der Waals surface area contributed by atoms with E-state index in [2.05, 4.69) is 5.16 Å². The van der Waals surface area contributed by atoms with Crippen LogP contribution in [0.15, 0.2) is 53.7 Å². The van der Waals surface area contributed by atoms with E-state index in [9.17, 15) is 4.79 Å². The fourth-order valence-electron chi connectivity index (χ4n) is 2.10. The molecule has 0 saturated carbocycles. The number of hydrogen-bond donors (Lipinski definition) is 1. The number of aryl methyl sites for hydroxylation is 1. The summed E-state index contributed by atoms with van der Waals surface area (Å²) in [6.07, 6.45) is 2.84. The van der Waals surface area contributed by atoms with Gasteiger partial charge in [0, 0.05) is 11.6 Å². The lowest BCUT2D eigenvalue weighted by atomic mass is 10.1. The zero-order valence-electron chi connectivity index (χ0n) is 14.4. The number of amidine groups is 1. The summed E-state index contributed by atoms with van der Waals surface area (Å²) in [5.74, 6) is 0.680. The fraction of sp³-hybridized carbons (Fsp3) is 0.158. The predicted molar refractivity (Wildman–Crippen MR) is 96.6 cm³/mol. The molecule has 6 nitrogen and oxygen atoms in total. The largest absolute Gasteiger partial charge is 0.493 e. The number of nitrogens with two attached hydrogens (primary N) is 1. The van der Waals surface area contributed by atoms with Gasteiger partial charge in [-0.25, -0.2) is 4.79 Å². The third-order valence-electron chi connectivity index (χ3n) is 3.37. The van der Waals surface area contributed by atoms with Crippen molar-refractivity contribution in [3.63, 3.8) is 0 Å². The van der Waals surface area contributed by atoms with E-state index in [1.807, 2.05) is 25.1 Å². The second-order valence-corrected chi connectivity index (χ2v) is 5.20. The summed E-state index contributed by atoms with van der Waals surface area (Å²) >= 11 is 0. The second-order valence-electron chi connectivity index (χ2n) is 5.20. The van der Waals surface area contributed by atoms with Crippen LogP contribution in [0.1, 0.15) is 16.7 Å². The number of hydrogen-bond acceptors (Lipinski definition) is 5. The van der Waals surface area contributed by atoms with Gasteiger partial charge >= 0.3 is 5.97 Å². The average Bonchev–Trinajstić information content (AvgIpc) is 2.64. The molecule has 0 saturated heterocycles. The van der Waals surface area contributed by atoms with Crippen molar-refractivity contribution in [3.8, 4) is 11.5 Å². The van der Waals surface area contributed by atoms with Gasteiger partial charge in [0.1, 0.15) is 0 Å². The molecule has 2 rings (SSSR count). The molecule has 0 spiro atoms. The number of rotatable bonds is 6. The minimum Gasteiger partial charge on any atom is -0.493 e. The smallest absolute Gasteiger partial charge is 0.358 e. The van der Waals surface area contributed by atoms with Crippen molar-refractivity contribution in [2.24, 2.45) is 10.9 Å². The van der Waals surface area contributed by atoms with Gasteiger partial charge in [-0.15, -0.1) is 0 Å². The van der Waals surface area contributed by atoms with E-state index in [0.717, 1.165) is 11.1 Å². The summed E-state index contributed by atoms with van der Waals surface area (Å²) in [5, 5.41) is 3.66. The molecule has 0 aliphatic rings. The van der Waals surface area contributed by atoms with Gasteiger partial charge in [-0.2, -0.15) is 0 Å². The third-order valence-corrected chi connectivity index (χ3v) is 3.37. The maximum Gasteiger partial charge on any atom is 0.358 e. The Balaban J connectivity index is 2.02. The van der Waals surface area contributed by atoms with Crippen LogP contribution in [0, 0.1) is 6.92 Å². The van der Waals surface area contributed by atoms with Crippen LogP contribution in [0.2, 0.25) is 0 Å². The summed E-state index contributed by atoms with van der Waals surface area (Å²) in [5.41, 5.74) is 8.29. The molecular weight excluding hydrogens is 320 g/mol. The number of nitrogens with zero attached hydrogens (tertiary/aromatic N) is 1. The Morgan fingerprint density at radius 3 is 2.52 bits per heavy atom. The highest BCUT2D eigenvalue weighted by molar-refractivity contribution is 5.98. The lowest BCUT2D eigenvalue weighted by molar-refractivity contribution is -0.137. The van der Waals surface area contributed by atoms with E-state index in [1.54, 1.807) is 44.6 Å². The summed E-state index contributed by atoms with van der Waals surface area (Å²) in [4.78, 5) is 16.6. The highest BCUT2D eigenvalue weighted by Gasteiger charge is 2.04. The van der Waals surface area contributed by atoms with E-state index < -0.39 is 5.97 Å². The molecule has 6 heteroatoms. The van der Waals surface area contributed by atoms with Gasteiger partial charge in [-0.3, -0.25) is 0 Å². The Labute approximate surface area is 146 Å². The van der Waals surface area contributed by atoms with Crippen molar-refractivity contribution in [2.75, 3.05) is 14.2 Å². The van der Waals surface area contributed by atoms with Crippen molar-refractivity contribution in [3.05, 3.63) is 65.2 Å². The van der Waals surface area contributed by atoms with Gasteiger partial charge in [0.2, 0.25) is 0 Å². The van der Waals surface area contributed by atoms with Crippen molar-refractivity contribution in [2.45, 2.75) is 6.92 Å². The molecule has 0 radical (unpaired) electrons. The number of methoxy groups -OCH3 is 2. The average molecular weight is 340 g/mol. The zero-order valence-corrected chi connectivity index (χ0v) is 14.4. The number of carbonyl (C=O) groups is 1. The highest BCUT2D eigenvalue weighted by Crippen LogP contribution is 2.27. The molecule has 130 valence electrons. The van der Waals surface area contributed by atoms with E-state index in [-0.39, 0.29) is 5.84 Å². The van der Waals surface area contributed by atoms with Crippen molar-refractivity contribution in [1.29, 1.82) is 0 Å². The zero-order chi connectivity index (χ0) is 18.2. The maximum atomic E-state index is 11.8. The van der Waals surface area contributed by atoms with Crippen LogP contribution in [-0.2, 0) is 9.63 Å². The summed E-state index contributed by atoms with van der Waals surface area (Å²) < 4.78 is 10.4. The first-order valence-corrected chi connectivity index (χ1v) is 7.55. The minimum atomic E-state index is -0.634. The van der Waals surface area contributed by atoms with Crippen molar-refractivity contribution in [1.82, 2.24) is 0 Å².